The van der Waals surface area contributed by atoms with Crippen LogP contribution in [0.25, 0.3) is 22.4 Å². The maximum Gasteiger partial charge on any atom is 0.244 e. The number of hydrogen-bond donors (Lipinski definition) is 3. The summed E-state index contributed by atoms with van der Waals surface area (Å²) in [7, 11) is 2.93. The van der Waals surface area contributed by atoms with Crippen LogP contribution in [0.4, 0.5) is 10.2 Å². The standard InChI is InChI=1S/C16H16ClFN6O2.3H2/c1-19-16(25)12(7-26-2)23-15-11(18)6-22-14(24-15)10-5-21-13-9(10)3-8(17)4-20-13;;;/h3-6,12H,7H2,1-2H3,(H,19,25)(H,20,21)(H,22,23,24);3*1H/t12-;;;/m0.../s1. The zero-order valence-electron chi connectivity index (χ0n) is 14.0. The highest BCUT2D eigenvalue weighted by Crippen LogP contribution is 2.28. The number of hydrogen-bond acceptors (Lipinski definition) is 6. The fourth-order valence-corrected chi connectivity index (χ4v) is 2.61. The molecular weight excluding hydrogens is 363 g/mol. The maximum absolute atomic E-state index is 14.2. The molecule has 0 spiro atoms. The number of aromatic nitrogens is 4. The van der Waals surface area contributed by atoms with Crippen LogP contribution >= 0.6 is 11.6 Å². The molecule has 0 radical (unpaired) electrons. The van der Waals surface area contributed by atoms with Crippen molar-refractivity contribution in [2.75, 3.05) is 26.1 Å². The van der Waals surface area contributed by atoms with E-state index in [9.17, 15) is 9.18 Å². The van der Waals surface area contributed by atoms with Gasteiger partial charge < -0.3 is 20.4 Å². The Morgan fingerprint density at radius 3 is 3.00 bits per heavy atom. The van der Waals surface area contributed by atoms with Crippen molar-refractivity contribution in [3.63, 3.8) is 0 Å². The van der Waals surface area contributed by atoms with E-state index in [-0.39, 0.29) is 28.4 Å². The molecule has 0 fully saturated rings. The Labute approximate surface area is 157 Å². The third-order valence-corrected chi connectivity index (χ3v) is 3.90. The Hall–Kier alpha value is -2.78. The monoisotopic (exact) mass is 384 g/mol. The predicted molar refractivity (Wildman–Crippen MR) is 102 cm³/mol. The van der Waals surface area contributed by atoms with Crippen LogP contribution in [0.1, 0.15) is 4.28 Å². The summed E-state index contributed by atoms with van der Waals surface area (Å²) >= 11 is 6.00. The highest BCUT2D eigenvalue weighted by Gasteiger charge is 2.20. The second kappa shape index (κ2) is 7.63. The van der Waals surface area contributed by atoms with Gasteiger partial charge in [-0.05, 0) is 6.07 Å². The lowest BCUT2D eigenvalue weighted by Gasteiger charge is -2.17. The van der Waals surface area contributed by atoms with Crippen LogP contribution < -0.4 is 10.6 Å². The van der Waals surface area contributed by atoms with Gasteiger partial charge in [-0.3, -0.25) is 4.79 Å². The number of carbonyl (C=O) groups is 1. The summed E-state index contributed by atoms with van der Waals surface area (Å²) in [5.41, 5.74) is 1.22. The number of halogens is 2. The summed E-state index contributed by atoms with van der Waals surface area (Å²) in [6.07, 6.45) is 4.22. The minimum absolute atomic E-state index is 0. The van der Waals surface area contributed by atoms with E-state index in [2.05, 4.69) is 30.6 Å². The number of methoxy groups -OCH3 is 1. The van der Waals surface area contributed by atoms with Gasteiger partial charge >= 0.3 is 0 Å². The van der Waals surface area contributed by atoms with E-state index < -0.39 is 11.9 Å². The van der Waals surface area contributed by atoms with Gasteiger partial charge in [-0.2, -0.15) is 0 Å². The van der Waals surface area contributed by atoms with Crippen LogP contribution in [-0.2, 0) is 9.53 Å². The molecule has 0 aromatic carbocycles. The second-order valence-corrected chi connectivity index (χ2v) is 5.85. The number of ether oxygens (including phenoxy) is 1. The van der Waals surface area contributed by atoms with Crippen LogP contribution in [0.3, 0.4) is 0 Å². The molecule has 0 bridgehead atoms. The Kier molecular flexibility index (Phi) is 5.29. The van der Waals surface area contributed by atoms with Crippen molar-refractivity contribution in [3.05, 3.63) is 35.5 Å². The maximum atomic E-state index is 14.2. The number of nitrogens with zero attached hydrogens (tertiary/aromatic N) is 3. The van der Waals surface area contributed by atoms with E-state index in [0.29, 0.717) is 21.6 Å². The van der Waals surface area contributed by atoms with E-state index in [1.165, 1.54) is 20.4 Å². The molecule has 3 heterocycles. The molecule has 0 aliphatic carbocycles. The molecule has 3 rings (SSSR count). The number of H-pyrrole nitrogens is 1. The minimum atomic E-state index is -0.804. The summed E-state index contributed by atoms with van der Waals surface area (Å²) in [5, 5.41) is 6.39. The van der Waals surface area contributed by atoms with Crippen LogP contribution in [0.2, 0.25) is 5.02 Å². The molecule has 0 aliphatic heterocycles. The average Bonchev–Trinajstić information content (AvgIpc) is 3.05. The predicted octanol–water partition coefficient (Wildman–Crippen LogP) is 2.72. The largest absolute Gasteiger partial charge is 0.382 e. The first-order chi connectivity index (χ1) is 12.5. The molecule has 0 saturated heterocycles. The average molecular weight is 385 g/mol. The zero-order valence-corrected chi connectivity index (χ0v) is 14.8. The fraction of sp³-hybridized carbons (Fsp3) is 0.250. The van der Waals surface area contributed by atoms with Gasteiger partial charge in [0.1, 0.15) is 11.7 Å². The van der Waals surface area contributed by atoms with Gasteiger partial charge in [0.15, 0.2) is 17.5 Å². The Morgan fingerprint density at radius 1 is 1.46 bits per heavy atom. The number of fused-ring (bicyclic) bond motifs is 1. The minimum Gasteiger partial charge on any atom is -0.382 e. The summed E-state index contributed by atoms with van der Waals surface area (Å²) in [6.45, 7) is 0.0467. The molecule has 26 heavy (non-hydrogen) atoms. The van der Waals surface area contributed by atoms with Gasteiger partial charge in [0.05, 0.1) is 17.8 Å². The molecule has 0 saturated carbocycles. The van der Waals surface area contributed by atoms with E-state index in [4.69, 9.17) is 16.3 Å². The molecule has 1 amide bonds. The molecular formula is C16H22ClFN6O2. The third-order valence-electron chi connectivity index (χ3n) is 3.69. The lowest BCUT2D eigenvalue weighted by molar-refractivity contribution is -0.122. The highest BCUT2D eigenvalue weighted by molar-refractivity contribution is 6.31. The normalized spacial score (nSPS) is 12.2. The van der Waals surface area contributed by atoms with Crippen molar-refractivity contribution in [3.8, 4) is 11.4 Å². The van der Waals surface area contributed by atoms with Crippen LogP contribution in [0.5, 0.6) is 0 Å². The Bertz CT molecular complexity index is 962. The number of likely N-dealkylation sites (N-methyl/N-ethyl adjacent to an activating group) is 1. The lowest BCUT2D eigenvalue weighted by atomic mass is 10.2. The van der Waals surface area contributed by atoms with E-state index in [1.807, 2.05) is 0 Å². The smallest absolute Gasteiger partial charge is 0.244 e. The number of aromatic amines is 1. The van der Waals surface area contributed by atoms with Crippen molar-refractivity contribution in [1.29, 1.82) is 0 Å². The van der Waals surface area contributed by atoms with Gasteiger partial charge in [-0.25, -0.2) is 19.3 Å². The number of amides is 1. The number of pyridine rings is 1. The van der Waals surface area contributed by atoms with Crippen molar-refractivity contribution in [2.45, 2.75) is 6.04 Å². The number of nitrogens with one attached hydrogen (secondary N) is 3. The lowest BCUT2D eigenvalue weighted by Crippen LogP contribution is -2.41. The third kappa shape index (κ3) is 3.58. The van der Waals surface area contributed by atoms with Crippen LogP contribution in [0, 0.1) is 5.82 Å². The summed E-state index contributed by atoms with van der Waals surface area (Å²) < 4.78 is 19.2. The number of anilines is 1. The van der Waals surface area contributed by atoms with Gasteiger partial charge in [-0.15, -0.1) is 0 Å². The van der Waals surface area contributed by atoms with Crippen molar-refractivity contribution < 1.29 is 18.2 Å². The van der Waals surface area contributed by atoms with Crippen molar-refractivity contribution in [2.24, 2.45) is 0 Å². The molecule has 8 nitrogen and oxygen atoms in total. The zero-order chi connectivity index (χ0) is 18.7. The molecule has 0 unspecified atom stereocenters. The Balaban J connectivity index is 0.00000261. The summed E-state index contributed by atoms with van der Waals surface area (Å²) in [5.74, 6) is -0.883. The van der Waals surface area contributed by atoms with Gasteiger partial charge in [-0.1, -0.05) is 11.6 Å². The van der Waals surface area contributed by atoms with Crippen LogP contribution in [-0.4, -0.2) is 52.6 Å². The summed E-state index contributed by atoms with van der Waals surface area (Å²) in [6, 6.07) is 0.912. The van der Waals surface area contributed by atoms with E-state index in [0.717, 1.165) is 6.20 Å². The molecule has 3 aromatic heterocycles. The van der Waals surface area contributed by atoms with E-state index >= 15 is 0 Å². The van der Waals surface area contributed by atoms with Gasteiger partial charge in [0, 0.05) is 41.8 Å². The molecule has 3 aromatic rings. The fourth-order valence-electron chi connectivity index (χ4n) is 2.45. The van der Waals surface area contributed by atoms with Gasteiger partial charge in [0.25, 0.3) is 0 Å². The first-order valence-corrected chi connectivity index (χ1v) is 8.04. The molecule has 0 aliphatic rings. The molecule has 1 atom stereocenters. The highest BCUT2D eigenvalue weighted by atomic mass is 35.5. The quantitative estimate of drug-likeness (QED) is 0.603. The summed E-state index contributed by atoms with van der Waals surface area (Å²) in [4.78, 5) is 27.3. The number of carbonyl (C=O) groups excluding carboxylic acids is 1. The molecule has 10 heteroatoms. The number of rotatable bonds is 6. The second-order valence-electron chi connectivity index (χ2n) is 5.41. The van der Waals surface area contributed by atoms with Crippen molar-refractivity contribution >= 4 is 34.4 Å². The van der Waals surface area contributed by atoms with Crippen molar-refractivity contribution in [1.82, 2.24) is 25.3 Å². The molecule has 142 valence electrons. The SMILES string of the molecule is CNC(=O)[C@H](COC)Nc1nc(-c2c[nH]c3ncc(Cl)cc23)ncc1F.[HH].[HH].[HH]. The Morgan fingerprint density at radius 2 is 2.27 bits per heavy atom. The van der Waals surface area contributed by atoms with Gasteiger partial charge in [0.2, 0.25) is 5.91 Å². The topological polar surface area (TPSA) is 105 Å². The van der Waals surface area contributed by atoms with Crippen LogP contribution in [0.15, 0.2) is 24.7 Å². The first kappa shape index (κ1) is 18.0. The first-order valence-electron chi connectivity index (χ1n) is 7.66. The molecule has 3 N–H and O–H groups in total. The van der Waals surface area contributed by atoms with E-state index in [1.54, 1.807) is 12.3 Å².